The van der Waals surface area contributed by atoms with Gasteiger partial charge in [-0.15, -0.1) is 35.9 Å². The molecule has 3 nitrogen and oxygen atoms in total. The molecule has 0 radical (unpaired) electrons. The average molecular weight is 373 g/mol. The normalized spacial score (nSPS) is 25.4. The maximum atomic E-state index is 12.4. The highest BCUT2D eigenvalue weighted by Crippen LogP contribution is 2.43. The van der Waals surface area contributed by atoms with Crippen LogP contribution in [0, 0.1) is 5.92 Å². The lowest BCUT2D eigenvalue weighted by Gasteiger charge is -2.30. The van der Waals surface area contributed by atoms with Crippen molar-refractivity contribution in [2.75, 3.05) is 24.6 Å². The molecule has 0 saturated carbocycles. The minimum atomic E-state index is 0. The lowest BCUT2D eigenvalue weighted by atomic mass is 9.95. The lowest BCUT2D eigenvalue weighted by Crippen LogP contribution is -2.48. The van der Waals surface area contributed by atoms with Gasteiger partial charge in [0.1, 0.15) is 0 Å². The molecule has 0 aromatic heterocycles. The average Bonchev–Trinajstić information content (AvgIpc) is 2.58. The Balaban J connectivity index is 0.00000192. The third-order valence-corrected chi connectivity index (χ3v) is 7.39. The van der Waals surface area contributed by atoms with Gasteiger partial charge in [-0.2, -0.15) is 0 Å². The van der Waals surface area contributed by atoms with Crippen molar-refractivity contribution < 1.29 is 4.79 Å². The molecule has 2 aliphatic rings. The zero-order valence-corrected chi connectivity index (χ0v) is 15.9. The largest absolute Gasteiger partial charge is 0.349 e. The van der Waals surface area contributed by atoms with Crippen molar-refractivity contribution in [1.29, 1.82) is 0 Å². The Hall–Kier alpha value is -0.360. The summed E-state index contributed by atoms with van der Waals surface area (Å²) in [4.78, 5) is 12.4. The summed E-state index contributed by atoms with van der Waals surface area (Å²) in [6.45, 7) is 4.17. The summed E-state index contributed by atoms with van der Waals surface area (Å²) in [5.41, 5.74) is 2.11. The molecule has 2 saturated heterocycles. The molecule has 2 aliphatic heterocycles. The third kappa shape index (κ3) is 5.05. The molecule has 1 amide bonds. The first-order chi connectivity index (χ1) is 10.7. The first-order valence-corrected chi connectivity index (χ1v) is 10.2. The van der Waals surface area contributed by atoms with Crippen LogP contribution < -0.4 is 10.6 Å². The van der Waals surface area contributed by atoms with E-state index >= 15 is 0 Å². The number of carbonyl (C=O) groups excluding carboxylic acids is 1. The highest BCUT2D eigenvalue weighted by molar-refractivity contribution is 8.16. The van der Waals surface area contributed by atoms with Crippen molar-refractivity contribution in [3.63, 3.8) is 0 Å². The van der Waals surface area contributed by atoms with Crippen LogP contribution in [0.25, 0.3) is 0 Å². The molecule has 2 fully saturated rings. The van der Waals surface area contributed by atoms with Gasteiger partial charge >= 0.3 is 0 Å². The molecule has 6 heteroatoms. The van der Waals surface area contributed by atoms with E-state index in [0.717, 1.165) is 25.1 Å². The zero-order chi connectivity index (χ0) is 15.4. The highest BCUT2D eigenvalue weighted by Gasteiger charge is 2.23. The summed E-state index contributed by atoms with van der Waals surface area (Å²) >= 11 is 4.03. The molecule has 0 bridgehead atoms. The van der Waals surface area contributed by atoms with Gasteiger partial charge in [0.25, 0.3) is 5.91 Å². The minimum absolute atomic E-state index is 0. The van der Waals surface area contributed by atoms with Gasteiger partial charge < -0.3 is 10.6 Å². The van der Waals surface area contributed by atoms with E-state index in [9.17, 15) is 4.79 Å². The van der Waals surface area contributed by atoms with Crippen molar-refractivity contribution >= 4 is 41.8 Å². The fraction of sp³-hybridized carbons (Fsp3) is 0.588. The second-order valence-corrected chi connectivity index (χ2v) is 8.82. The smallest absolute Gasteiger partial charge is 0.251 e. The van der Waals surface area contributed by atoms with E-state index in [-0.39, 0.29) is 24.4 Å². The van der Waals surface area contributed by atoms with E-state index in [1.165, 1.54) is 23.5 Å². The summed E-state index contributed by atoms with van der Waals surface area (Å²) < 4.78 is 0.537. The maximum Gasteiger partial charge on any atom is 0.251 e. The van der Waals surface area contributed by atoms with Crippen LogP contribution in [0.5, 0.6) is 0 Å². The lowest BCUT2D eigenvalue weighted by molar-refractivity contribution is 0.0914. The van der Waals surface area contributed by atoms with Crippen LogP contribution in [0.2, 0.25) is 0 Å². The van der Waals surface area contributed by atoms with Crippen LogP contribution in [0.1, 0.15) is 40.3 Å². The van der Waals surface area contributed by atoms with Crippen molar-refractivity contribution in [2.24, 2.45) is 5.92 Å². The second-order valence-electron chi connectivity index (χ2n) is 6.10. The molecule has 1 aromatic carbocycles. The number of rotatable bonds is 3. The maximum absolute atomic E-state index is 12.4. The predicted molar refractivity (Wildman–Crippen MR) is 104 cm³/mol. The first-order valence-electron chi connectivity index (χ1n) is 8.09. The Morgan fingerprint density at radius 1 is 1.22 bits per heavy atom. The van der Waals surface area contributed by atoms with Gasteiger partial charge in [0.2, 0.25) is 0 Å². The van der Waals surface area contributed by atoms with Gasteiger partial charge in [0.15, 0.2) is 0 Å². The van der Waals surface area contributed by atoms with E-state index in [1.807, 2.05) is 35.7 Å². The number of hydrogen-bond acceptors (Lipinski definition) is 4. The van der Waals surface area contributed by atoms with E-state index < -0.39 is 0 Å². The summed E-state index contributed by atoms with van der Waals surface area (Å²) in [7, 11) is 0. The van der Waals surface area contributed by atoms with Gasteiger partial charge in [-0.1, -0.05) is 19.1 Å². The molecular weight excluding hydrogens is 348 g/mol. The molecular formula is C17H25ClN2OS2. The van der Waals surface area contributed by atoms with Crippen LogP contribution in [0.4, 0.5) is 0 Å². The van der Waals surface area contributed by atoms with Crippen LogP contribution >= 0.6 is 35.9 Å². The summed E-state index contributed by atoms with van der Waals surface area (Å²) in [5, 5.41) is 6.56. The Kier molecular flexibility index (Phi) is 7.60. The van der Waals surface area contributed by atoms with E-state index in [2.05, 4.69) is 29.7 Å². The van der Waals surface area contributed by atoms with Crippen LogP contribution in [-0.2, 0) is 0 Å². The summed E-state index contributed by atoms with van der Waals surface area (Å²) in [5.74, 6) is 3.04. The Labute approximate surface area is 153 Å². The summed E-state index contributed by atoms with van der Waals surface area (Å²) in [6.07, 6.45) is 2.32. The molecule has 2 unspecified atom stereocenters. The van der Waals surface area contributed by atoms with E-state index in [4.69, 9.17) is 0 Å². The highest BCUT2D eigenvalue weighted by atomic mass is 35.5. The number of benzene rings is 1. The predicted octanol–water partition coefficient (Wildman–Crippen LogP) is 3.70. The molecule has 23 heavy (non-hydrogen) atoms. The van der Waals surface area contributed by atoms with Crippen molar-refractivity contribution in [3.05, 3.63) is 35.4 Å². The first kappa shape index (κ1) is 19.0. The molecule has 0 aliphatic carbocycles. The molecule has 2 N–H and O–H groups in total. The molecule has 3 rings (SSSR count). The van der Waals surface area contributed by atoms with Crippen molar-refractivity contribution in [3.8, 4) is 0 Å². The molecule has 2 heterocycles. The van der Waals surface area contributed by atoms with Crippen LogP contribution in [0.3, 0.4) is 0 Å². The molecule has 2 atom stereocenters. The molecule has 1 aromatic rings. The van der Waals surface area contributed by atoms with Gasteiger partial charge in [-0.3, -0.25) is 4.79 Å². The number of halogens is 1. The number of nitrogens with one attached hydrogen (secondary N) is 2. The van der Waals surface area contributed by atoms with Crippen LogP contribution in [0.15, 0.2) is 24.3 Å². The number of thioether (sulfide) groups is 2. The van der Waals surface area contributed by atoms with Gasteiger partial charge in [-0.05, 0) is 61.1 Å². The Morgan fingerprint density at radius 2 is 1.91 bits per heavy atom. The van der Waals surface area contributed by atoms with Gasteiger partial charge in [0, 0.05) is 11.6 Å². The van der Waals surface area contributed by atoms with Crippen LogP contribution in [-0.4, -0.2) is 36.5 Å². The Morgan fingerprint density at radius 3 is 2.57 bits per heavy atom. The standard InChI is InChI=1S/C17H24N2OS2.ClH/c1-12-11-18-8-7-15(12)19-16(20)13-3-5-14(6-4-13)17-21-9-2-10-22-17;/h3-6,12,15,17-18H,2,7-11H2,1H3,(H,19,20);1H. The Bertz CT molecular complexity index is 506. The van der Waals surface area contributed by atoms with E-state index in [1.54, 1.807) is 0 Å². The number of carbonyl (C=O) groups is 1. The third-order valence-electron chi connectivity index (χ3n) is 4.37. The summed E-state index contributed by atoms with van der Waals surface area (Å²) in [6, 6.07) is 8.49. The van der Waals surface area contributed by atoms with E-state index in [0.29, 0.717) is 10.5 Å². The minimum Gasteiger partial charge on any atom is -0.349 e. The van der Waals surface area contributed by atoms with Gasteiger partial charge in [0.05, 0.1) is 4.58 Å². The topological polar surface area (TPSA) is 41.1 Å². The molecule has 0 spiro atoms. The van der Waals surface area contributed by atoms with Crippen molar-refractivity contribution in [2.45, 2.75) is 30.4 Å². The monoisotopic (exact) mass is 372 g/mol. The fourth-order valence-corrected chi connectivity index (χ4v) is 5.85. The zero-order valence-electron chi connectivity index (χ0n) is 13.4. The number of amides is 1. The second kappa shape index (κ2) is 9.21. The SMILES string of the molecule is CC1CNCCC1NC(=O)c1ccc(C2SCCCS2)cc1.Cl. The fourth-order valence-electron chi connectivity index (χ4n) is 2.95. The van der Waals surface area contributed by atoms with Gasteiger partial charge in [-0.25, -0.2) is 0 Å². The van der Waals surface area contributed by atoms with Crippen molar-refractivity contribution in [1.82, 2.24) is 10.6 Å². The molecule has 128 valence electrons. The number of piperidine rings is 1. The quantitative estimate of drug-likeness (QED) is 0.848. The number of hydrogen-bond donors (Lipinski definition) is 2.